The van der Waals surface area contributed by atoms with E-state index < -0.39 is 10.0 Å². The summed E-state index contributed by atoms with van der Waals surface area (Å²) < 4.78 is 47.0. The van der Waals surface area contributed by atoms with E-state index in [2.05, 4.69) is 0 Å². The predicted octanol–water partition coefficient (Wildman–Crippen LogP) is 5.47. The van der Waals surface area contributed by atoms with Gasteiger partial charge < -0.3 is 14.5 Å². The van der Waals surface area contributed by atoms with Crippen LogP contribution in [0, 0.1) is 26.6 Å². The van der Waals surface area contributed by atoms with E-state index in [-0.39, 0.29) is 63.2 Å². The minimum atomic E-state index is -3.65. The van der Waals surface area contributed by atoms with Crippen molar-refractivity contribution in [2.45, 2.75) is 45.1 Å². The van der Waals surface area contributed by atoms with Crippen LogP contribution >= 0.6 is 11.6 Å². The van der Waals surface area contributed by atoms with Gasteiger partial charge in [-0.3, -0.25) is 9.59 Å². The highest BCUT2D eigenvalue weighted by atomic mass is 35.5. The van der Waals surface area contributed by atoms with Crippen molar-refractivity contribution in [2.24, 2.45) is 0 Å². The summed E-state index contributed by atoms with van der Waals surface area (Å²) in [5, 5.41) is 0.413. The van der Waals surface area contributed by atoms with Crippen LogP contribution in [0.1, 0.15) is 35.1 Å². The summed E-state index contributed by atoms with van der Waals surface area (Å²) in [7, 11) is -2.01. The maximum absolute atomic E-state index is 13.5. The van der Waals surface area contributed by atoms with Crippen LogP contribution in [0.15, 0.2) is 59.5 Å². The number of carbonyl (C=O) groups excluding carboxylic acids is 2. The summed E-state index contributed by atoms with van der Waals surface area (Å²) in [5.74, 6) is 0.260. The van der Waals surface area contributed by atoms with Crippen molar-refractivity contribution in [2.75, 3.05) is 33.2 Å². The number of benzene rings is 3. The van der Waals surface area contributed by atoms with Gasteiger partial charge in [0.05, 0.1) is 4.90 Å². The Morgan fingerprint density at radius 3 is 2.24 bits per heavy atom. The fourth-order valence-electron chi connectivity index (χ4n) is 4.75. The second-order valence-electron chi connectivity index (χ2n) is 10.6. The van der Waals surface area contributed by atoms with Gasteiger partial charge in [0.25, 0.3) is 0 Å². The largest absolute Gasteiger partial charge is 0.457 e. The molecule has 1 aliphatic heterocycles. The van der Waals surface area contributed by atoms with Crippen LogP contribution in [0.25, 0.3) is 0 Å². The predicted molar refractivity (Wildman–Crippen MR) is 160 cm³/mol. The smallest absolute Gasteiger partial charge is 0.243 e. The first-order valence-corrected chi connectivity index (χ1v) is 15.5. The standard InChI is InChI=1S/C31H35ClFN3O5S/c1-21-5-6-22(2)29(17-21)42(39,40)36-15-13-35(14-16-36)31(38)12-11-30(37)34(4)20-24-7-8-26(19-27(24)32)41-25-9-10-28(33)23(3)18-25/h5-10,17-19H,11-16,20H2,1-4H3. The Hall–Kier alpha value is -3.47. The Kier molecular flexibility index (Phi) is 9.91. The second-order valence-corrected chi connectivity index (χ2v) is 12.9. The van der Waals surface area contributed by atoms with Gasteiger partial charge in [0, 0.05) is 57.6 Å². The number of halogens is 2. The maximum atomic E-state index is 13.5. The van der Waals surface area contributed by atoms with Gasteiger partial charge in [0.15, 0.2) is 0 Å². The van der Waals surface area contributed by atoms with Gasteiger partial charge >= 0.3 is 0 Å². The normalized spacial score (nSPS) is 14.1. The summed E-state index contributed by atoms with van der Waals surface area (Å²) in [4.78, 5) is 29.0. The van der Waals surface area contributed by atoms with Crippen molar-refractivity contribution in [1.29, 1.82) is 0 Å². The Bertz CT molecular complexity index is 1590. The highest BCUT2D eigenvalue weighted by molar-refractivity contribution is 7.89. The molecule has 224 valence electrons. The van der Waals surface area contributed by atoms with E-state index >= 15 is 0 Å². The molecule has 2 amide bonds. The highest BCUT2D eigenvalue weighted by Crippen LogP contribution is 2.29. The molecule has 42 heavy (non-hydrogen) atoms. The molecule has 0 saturated carbocycles. The molecule has 4 rings (SSSR count). The molecule has 8 nitrogen and oxygen atoms in total. The minimum absolute atomic E-state index is 0.0268. The van der Waals surface area contributed by atoms with Gasteiger partial charge in [-0.1, -0.05) is 29.8 Å². The van der Waals surface area contributed by atoms with Gasteiger partial charge in [-0.05, 0) is 79.4 Å². The van der Waals surface area contributed by atoms with Crippen molar-refractivity contribution in [1.82, 2.24) is 14.1 Å². The highest BCUT2D eigenvalue weighted by Gasteiger charge is 2.31. The summed E-state index contributed by atoms with van der Waals surface area (Å²) in [6.07, 6.45) is 0.0591. The summed E-state index contributed by atoms with van der Waals surface area (Å²) in [6, 6.07) is 14.9. The van der Waals surface area contributed by atoms with E-state index in [4.69, 9.17) is 16.3 Å². The molecule has 0 spiro atoms. The van der Waals surface area contributed by atoms with E-state index in [0.717, 1.165) is 5.56 Å². The summed E-state index contributed by atoms with van der Waals surface area (Å²) in [5.41, 5.74) is 2.74. The number of hydrogen-bond acceptors (Lipinski definition) is 5. The first kappa shape index (κ1) is 31.5. The Balaban J connectivity index is 1.25. The van der Waals surface area contributed by atoms with Gasteiger partial charge in [-0.25, -0.2) is 12.8 Å². The second kappa shape index (κ2) is 13.2. The third-order valence-electron chi connectivity index (χ3n) is 7.33. The zero-order chi connectivity index (χ0) is 30.6. The molecule has 1 saturated heterocycles. The molecule has 0 unspecified atom stereocenters. The molecule has 1 aliphatic rings. The SMILES string of the molecule is Cc1ccc(C)c(S(=O)(=O)N2CCN(C(=O)CCC(=O)N(C)Cc3ccc(Oc4ccc(F)c(C)c4)cc3Cl)CC2)c1. The maximum Gasteiger partial charge on any atom is 0.243 e. The van der Waals surface area contributed by atoms with E-state index in [1.807, 2.05) is 13.0 Å². The fraction of sp³-hybridized carbons (Fsp3) is 0.355. The molecule has 0 radical (unpaired) electrons. The molecule has 0 N–H and O–H groups in total. The first-order chi connectivity index (χ1) is 19.8. The molecule has 11 heteroatoms. The van der Waals surface area contributed by atoms with Gasteiger partial charge in [0.1, 0.15) is 17.3 Å². The van der Waals surface area contributed by atoms with Crippen LogP contribution in [0.2, 0.25) is 5.02 Å². The summed E-state index contributed by atoms with van der Waals surface area (Å²) >= 11 is 6.44. The van der Waals surface area contributed by atoms with Gasteiger partial charge in [-0.15, -0.1) is 0 Å². The lowest BCUT2D eigenvalue weighted by Gasteiger charge is -2.34. The number of sulfonamides is 1. The van der Waals surface area contributed by atoms with Crippen molar-refractivity contribution >= 4 is 33.4 Å². The molecule has 3 aromatic rings. The van der Waals surface area contributed by atoms with Crippen LogP contribution in [0.5, 0.6) is 11.5 Å². The van der Waals surface area contributed by atoms with E-state index in [9.17, 15) is 22.4 Å². The fourth-order valence-corrected chi connectivity index (χ4v) is 6.71. The number of carbonyl (C=O) groups is 2. The molecule has 3 aromatic carbocycles. The summed E-state index contributed by atoms with van der Waals surface area (Å²) in [6.45, 7) is 6.47. The van der Waals surface area contributed by atoms with E-state index in [0.29, 0.717) is 38.1 Å². The van der Waals surface area contributed by atoms with E-state index in [1.165, 1.54) is 21.3 Å². The van der Waals surface area contributed by atoms with Crippen molar-refractivity contribution in [3.8, 4) is 11.5 Å². The van der Waals surface area contributed by atoms with Crippen molar-refractivity contribution in [3.05, 3.63) is 87.7 Å². The Morgan fingerprint density at radius 2 is 1.57 bits per heavy atom. The average Bonchev–Trinajstić information content (AvgIpc) is 2.96. The molecule has 1 fully saturated rings. The third-order valence-corrected chi connectivity index (χ3v) is 9.72. The number of rotatable bonds is 9. The third kappa shape index (κ3) is 7.48. The van der Waals surface area contributed by atoms with Gasteiger partial charge in [-0.2, -0.15) is 4.31 Å². The van der Waals surface area contributed by atoms with Crippen LogP contribution in [0.3, 0.4) is 0 Å². The number of piperazine rings is 1. The van der Waals surface area contributed by atoms with E-state index in [1.54, 1.807) is 62.2 Å². The molecule has 0 aliphatic carbocycles. The van der Waals surface area contributed by atoms with Crippen LogP contribution in [0.4, 0.5) is 4.39 Å². The minimum Gasteiger partial charge on any atom is -0.457 e. The van der Waals surface area contributed by atoms with Gasteiger partial charge in [0.2, 0.25) is 21.8 Å². The lowest BCUT2D eigenvalue weighted by Crippen LogP contribution is -2.50. The number of hydrogen-bond donors (Lipinski definition) is 0. The van der Waals surface area contributed by atoms with Crippen LogP contribution < -0.4 is 4.74 Å². The monoisotopic (exact) mass is 615 g/mol. The molecule has 0 aromatic heterocycles. The van der Waals surface area contributed by atoms with Crippen molar-refractivity contribution < 1.29 is 27.1 Å². The number of ether oxygens (including phenoxy) is 1. The quantitative estimate of drug-likeness (QED) is 0.319. The average molecular weight is 616 g/mol. The topological polar surface area (TPSA) is 87.2 Å². The number of amides is 2. The zero-order valence-corrected chi connectivity index (χ0v) is 25.8. The molecule has 0 bridgehead atoms. The zero-order valence-electron chi connectivity index (χ0n) is 24.2. The molecule has 1 heterocycles. The van der Waals surface area contributed by atoms with Crippen LogP contribution in [-0.4, -0.2) is 67.6 Å². The lowest BCUT2D eigenvalue weighted by molar-refractivity contribution is -0.137. The molecule has 0 atom stereocenters. The Labute approximate surface area is 251 Å². The number of aryl methyl sites for hydroxylation is 3. The molecular weight excluding hydrogens is 581 g/mol. The Morgan fingerprint density at radius 1 is 0.905 bits per heavy atom. The first-order valence-electron chi connectivity index (χ1n) is 13.7. The lowest BCUT2D eigenvalue weighted by atomic mass is 10.2. The molecular formula is C31H35ClFN3O5S. The number of nitrogens with zero attached hydrogens (tertiary/aromatic N) is 3. The van der Waals surface area contributed by atoms with Crippen LogP contribution in [-0.2, 0) is 26.2 Å². The van der Waals surface area contributed by atoms with Crippen molar-refractivity contribution in [3.63, 3.8) is 0 Å².